The van der Waals surface area contributed by atoms with Crippen LogP contribution in [0.3, 0.4) is 0 Å². The number of ether oxygens (including phenoxy) is 1. The Bertz CT molecular complexity index is 1010. The summed E-state index contributed by atoms with van der Waals surface area (Å²) in [7, 11) is -4.50. The molecular weight excluding hydrogens is 458 g/mol. The summed E-state index contributed by atoms with van der Waals surface area (Å²) in [5.74, 6) is -0.185. The Hall–Kier alpha value is -2.90. The molecule has 13 heteroatoms. The lowest BCUT2D eigenvalue weighted by atomic mass is 10.3. The molecule has 1 aromatic heterocycles. The summed E-state index contributed by atoms with van der Waals surface area (Å²) in [6.07, 6.45) is 2.90. The third-order valence-corrected chi connectivity index (χ3v) is 5.14. The fourth-order valence-electron chi connectivity index (χ4n) is 1.94. The van der Waals surface area contributed by atoms with Crippen molar-refractivity contribution in [1.82, 2.24) is 14.7 Å². The lowest BCUT2D eigenvalue weighted by Crippen LogP contribution is -2.35. The Morgan fingerprint density at radius 1 is 1.39 bits per heavy atom. The molecule has 0 aliphatic rings. The zero-order valence-electron chi connectivity index (χ0n) is 14.2. The van der Waals surface area contributed by atoms with Gasteiger partial charge >= 0.3 is 6.03 Å². The highest BCUT2D eigenvalue weighted by Gasteiger charge is 2.27. The first-order chi connectivity index (χ1) is 13.2. The van der Waals surface area contributed by atoms with Crippen LogP contribution in [0.1, 0.15) is 5.69 Å². The van der Waals surface area contributed by atoms with Crippen LogP contribution in [0.15, 0.2) is 52.5 Å². The second-order valence-corrected chi connectivity index (χ2v) is 7.58. The molecule has 0 aliphatic carbocycles. The standard InChI is InChI=1S/C15H14BrN5O6S/c1-2-7-27-9-11-10(16)8-17-14(18-11)19-15(22)20-28(25,26)13-6-4-3-5-12(13)21(23)24/h2-6,8H,1,7,9H2,(H2,17,18,19,20,22). The molecule has 2 N–H and O–H groups in total. The molecule has 0 radical (unpaired) electrons. The van der Waals surface area contributed by atoms with Crippen LogP contribution in [-0.4, -0.2) is 35.9 Å². The molecule has 28 heavy (non-hydrogen) atoms. The van der Waals surface area contributed by atoms with E-state index in [9.17, 15) is 23.3 Å². The van der Waals surface area contributed by atoms with Crippen molar-refractivity contribution < 1.29 is 22.9 Å². The number of nitrogens with one attached hydrogen (secondary N) is 2. The van der Waals surface area contributed by atoms with E-state index >= 15 is 0 Å². The highest BCUT2D eigenvalue weighted by Crippen LogP contribution is 2.22. The number of benzene rings is 1. The molecular formula is C15H14BrN5O6S. The third kappa shape index (κ3) is 5.55. The van der Waals surface area contributed by atoms with Crippen molar-refractivity contribution in [3.8, 4) is 0 Å². The molecule has 2 amide bonds. The second-order valence-electron chi connectivity index (χ2n) is 5.08. The van der Waals surface area contributed by atoms with Crippen LogP contribution in [-0.2, 0) is 21.4 Å². The van der Waals surface area contributed by atoms with Crippen LogP contribution in [0, 0.1) is 10.1 Å². The van der Waals surface area contributed by atoms with E-state index in [0.717, 1.165) is 12.1 Å². The molecule has 0 fully saturated rings. The predicted molar refractivity (Wildman–Crippen MR) is 102 cm³/mol. The minimum Gasteiger partial charge on any atom is -0.371 e. The molecule has 2 aromatic rings. The zero-order valence-corrected chi connectivity index (χ0v) is 16.6. The lowest BCUT2D eigenvalue weighted by Gasteiger charge is -2.09. The lowest BCUT2D eigenvalue weighted by molar-refractivity contribution is -0.387. The Balaban J connectivity index is 2.15. The topological polar surface area (TPSA) is 153 Å². The first-order valence-corrected chi connectivity index (χ1v) is 9.79. The quantitative estimate of drug-likeness (QED) is 0.257. The van der Waals surface area contributed by atoms with Crippen LogP contribution < -0.4 is 10.0 Å². The van der Waals surface area contributed by atoms with Gasteiger partial charge in [-0.2, -0.15) is 0 Å². The van der Waals surface area contributed by atoms with Crippen molar-refractivity contribution >= 4 is 43.6 Å². The van der Waals surface area contributed by atoms with Crippen molar-refractivity contribution in [2.75, 3.05) is 11.9 Å². The third-order valence-electron chi connectivity index (χ3n) is 3.10. The normalized spacial score (nSPS) is 10.9. The smallest absolute Gasteiger partial charge is 0.335 e. The summed E-state index contributed by atoms with van der Waals surface area (Å²) in [4.78, 5) is 29.4. The molecule has 0 bridgehead atoms. The van der Waals surface area contributed by atoms with E-state index in [4.69, 9.17) is 4.74 Å². The Morgan fingerprint density at radius 2 is 2.11 bits per heavy atom. The van der Waals surface area contributed by atoms with Gasteiger partial charge in [-0.25, -0.2) is 27.9 Å². The fourth-order valence-corrected chi connectivity index (χ4v) is 3.33. The van der Waals surface area contributed by atoms with Crippen LogP contribution in [0.25, 0.3) is 0 Å². The Morgan fingerprint density at radius 3 is 2.79 bits per heavy atom. The predicted octanol–water partition coefficient (Wildman–Crippen LogP) is 2.36. The molecule has 0 saturated carbocycles. The van der Waals surface area contributed by atoms with Gasteiger partial charge in [0.05, 0.1) is 28.3 Å². The van der Waals surface area contributed by atoms with Gasteiger partial charge in [0.1, 0.15) is 0 Å². The number of carbonyl (C=O) groups is 1. The second kappa shape index (κ2) is 9.34. The fraction of sp³-hybridized carbons (Fsp3) is 0.133. The van der Waals surface area contributed by atoms with Crippen LogP contribution >= 0.6 is 15.9 Å². The van der Waals surface area contributed by atoms with Crippen LogP contribution in [0.2, 0.25) is 0 Å². The van der Waals surface area contributed by atoms with Gasteiger partial charge in [-0.15, -0.1) is 6.58 Å². The Kier molecular flexibility index (Phi) is 7.14. The number of sulfonamides is 1. The molecule has 148 valence electrons. The number of halogens is 1. The summed E-state index contributed by atoms with van der Waals surface area (Å²) < 4.78 is 32.1. The molecule has 2 rings (SSSR count). The van der Waals surface area contributed by atoms with Gasteiger partial charge in [0, 0.05) is 12.3 Å². The number of anilines is 1. The molecule has 0 atom stereocenters. The number of nitrogens with zero attached hydrogens (tertiary/aromatic N) is 3. The average Bonchev–Trinajstić information content (AvgIpc) is 2.64. The number of hydrogen-bond donors (Lipinski definition) is 2. The van der Waals surface area contributed by atoms with Gasteiger partial charge in [-0.3, -0.25) is 15.4 Å². The molecule has 1 aromatic carbocycles. The molecule has 11 nitrogen and oxygen atoms in total. The van der Waals surface area contributed by atoms with Crippen molar-refractivity contribution in [3.05, 3.63) is 63.4 Å². The minimum atomic E-state index is -4.50. The maximum atomic E-state index is 12.3. The minimum absolute atomic E-state index is 0.0972. The van der Waals surface area contributed by atoms with E-state index in [0.29, 0.717) is 10.2 Å². The van der Waals surface area contributed by atoms with E-state index in [1.54, 1.807) is 10.8 Å². The van der Waals surface area contributed by atoms with Gasteiger partial charge in [0.15, 0.2) is 4.90 Å². The number of para-hydroxylation sites is 1. The van der Waals surface area contributed by atoms with E-state index < -0.39 is 31.6 Å². The number of hydrogen-bond acceptors (Lipinski definition) is 8. The first kappa shape index (κ1) is 21.4. The van der Waals surface area contributed by atoms with Gasteiger partial charge in [-0.1, -0.05) is 18.2 Å². The van der Waals surface area contributed by atoms with Crippen LogP contribution in [0.4, 0.5) is 16.4 Å². The van der Waals surface area contributed by atoms with E-state index in [-0.39, 0.29) is 19.2 Å². The summed E-state index contributed by atoms with van der Waals surface area (Å²) in [6.45, 7) is 3.90. The van der Waals surface area contributed by atoms with E-state index in [2.05, 4.69) is 37.8 Å². The number of nitro groups is 1. The van der Waals surface area contributed by atoms with Gasteiger partial charge < -0.3 is 4.74 Å². The number of amides is 2. The SMILES string of the molecule is C=CCOCc1nc(NC(=O)NS(=O)(=O)c2ccccc2[N+](=O)[O-])ncc1Br. The number of urea groups is 1. The van der Waals surface area contributed by atoms with Gasteiger partial charge in [-0.05, 0) is 22.0 Å². The maximum absolute atomic E-state index is 12.3. The first-order valence-electron chi connectivity index (χ1n) is 7.52. The summed E-state index contributed by atoms with van der Waals surface area (Å²) in [6, 6.07) is 3.45. The number of rotatable bonds is 8. The molecule has 0 saturated heterocycles. The van der Waals surface area contributed by atoms with Crippen molar-refractivity contribution in [2.45, 2.75) is 11.5 Å². The number of carbonyl (C=O) groups excluding carboxylic acids is 1. The molecule has 0 spiro atoms. The van der Waals surface area contributed by atoms with E-state index in [1.807, 2.05) is 0 Å². The summed E-state index contributed by atoms with van der Waals surface area (Å²) in [5, 5.41) is 13.1. The zero-order chi connectivity index (χ0) is 20.7. The van der Waals surface area contributed by atoms with Gasteiger partial charge in [0.2, 0.25) is 5.95 Å². The average molecular weight is 472 g/mol. The van der Waals surface area contributed by atoms with E-state index in [1.165, 1.54) is 18.3 Å². The van der Waals surface area contributed by atoms with Crippen molar-refractivity contribution in [2.24, 2.45) is 0 Å². The summed E-state index contributed by atoms with van der Waals surface area (Å²) >= 11 is 3.23. The Labute approximate surface area is 168 Å². The van der Waals surface area contributed by atoms with Crippen molar-refractivity contribution in [1.29, 1.82) is 0 Å². The van der Waals surface area contributed by atoms with Crippen LogP contribution in [0.5, 0.6) is 0 Å². The summed E-state index contributed by atoms with van der Waals surface area (Å²) in [5.41, 5.74) is -0.252. The molecule has 0 unspecified atom stereocenters. The molecule has 0 aliphatic heterocycles. The monoisotopic (exact) mass is 471 g/mol. The maximum Gasteiger partial charge on any atom is 0.335 e. The van der Waals surface area contributed by atoms with Crippen molar-refractivity contribution in [3.63, 3.8) is 0 Å². The largest absolute Gasteiger partial charge is 0.371 e. The number of aromatic nitrogens is 2. The highest BCUT2D eigenvalue weighted by molar-refractivity contribution is 9.10. The highest BCUT2D eigenvalue weighted by atomic mass is 79.9. The molecule has 1 heterocycles. The van der Waals surface area contributed by atoms with Gasteiger partial charge in [0.25, 0.3) is 15.7 Å². The number of nitro benzene ring substituents is 1.